The van der Waals surface area contributed by atoms with Crippen LogP contribution in [0.15, 0.2) is 107 Å². The number of hydrogen-bond donors (Lipinski definition) is 1. The Bertz CT molecular complexity index is 2350. The molecule has 4 aliphatic rings. The van der Waals surface area contributed by atoms with E-state index in [4.69, 9.17) is 13.9 Å². The smallest absolute Gasteiger partial charge is 0.241 e. The number of carbonyl (C=O) groups is 4. The Morgan fingerprint density at radius 2 is 1.53 bits per heavy atom. The molecule has 0 radical (unpaired) electrons. The molecule has 1 N–H and O–H groups in total. The molecule has 1 aromatic heterocycles. The number of methoxy groups -OCH3 is 2. The quantitative estimate of drug-likeness (QED) is 0.152. The normalized spacial score (nSPS) is 26.4. The van der Waals surface area contributed by atoms with Crippen molar-refractivity contribution < 1.29 is 38.2 Å². The van der Waals surface area contributed by atoms with Gasteiger partial charge in [0.15, 0.2) is 5.58 Å². The maximum absolute atomic E-state index is 14.7. The van der Waals surface area contributed by atoms with Gasteiger partial charge in [-0.05, 0) is 74.2 Å². The average Bonchev–Trinajstić information content (AvgIpc) is 3.78. The summed E-state index contributed by atoms with van der Waals surface area (Å²) >= 11 is 0. The van der Waals surface area contributed by atoms with Crippen molar-refractivity contribution in [3.05, 3.63) is 108 Å². The van der Waals surface area contributed by atoms with Crippen LogP contribution in [0.2, 0.25) is 0 Å². The third kappa shape index (κ3) is 4.62. The number of aromatic nitrogens is 1. The zero-order valence-electron chi connectivity index (χ0n) is 29.2. The van der Waals surface area contributed by atoms with Crippen molar-refractivity contribution in [3.8, 4) is 28.7 Å². The van der Waals surface area contributed by atoms with Gasteiger partial charge in [-0.2, -0.15) is 0 Å². The summed E-state index contributed by atoms with van der Waals surface area (Å²) < 4.78 is 17.1. The minimum atomic E-state index is -1.35. The fraction of sp³-hybridized carbons (Fsp3) is 0.262. The van der Waals surface area contributed by atoms with Gasteiger partial charge in [-0.15, -0.1) is 0 Å². The van der Waals surface area contributed by atoms with Gasteiger partial charge in [-0.3, -0.25) is 24.1 Å². The lowest BCUT2D eigenvalue weighted by Crippen LogP contribution is -2.49. The predicted molar refractivity (Wildman–Crippen MR) is 194 cm³/mol. The molecule has 4 aromatic carbocycles. The average molecular weight is 710 g/mol. The Morgan fingerprint density at radius 3 is 2.25 bits per heavy atom. The van der Waals surface area contributed by atoms with Crippen molar-refractivity contribution in [1.82, 2.24) is 4.98 Å². The minimum absolute atomic E-state index is 0.164. The number of allylic oxidation sites excluding steroid dienone is 2. The second-order valence-corrected chi connectivity index (χ2v) is 14.3. The first-order valence-electron chi connectivity index (χ1n) is 17.6. The van der Waals surface area contributed by atoms with Crippen LogP contribution in [0.1, 0.15) is 31.2 Å². The number of nitrogens with zero attached hydrogens (tertiary/aromatic N) is 3. The van der Waals surface area contributed by atoms with E-state index in [-0.39, 0.29) is 42.1 Å². The molecular weight excluding hydrogens is 674 g/mol. The van der Waals surface area contributed by atoms with Crippen LogP contribution in [0.4, 0.5) is 11.4 Å². The number of imide groups is 2. The number of phenolic OH excluding ortho intramolecular Hbond substituents is 1. The first-order valence-corrected chi connectivity index (χ1v) is 17.6. The van der Waals surface area contributed by atoms with Gasteiger partial charge in [-0.25, -0.2) is 9.88 Å². The second-order valence-electron chi connectivity index (χ2n) is 14.3. The van der Waals surface area contributed by atoms with Crippen LogP contribution in [-0.4, -0.2) is 47.9 Å². The highest BCUT2D eigenvalue weighted by Gasteiger charge is 2.68. The SMILES string of the molecule is COc1cc(O)c([C@H]2C3=CC[C@@H]4C(=O)N(c5ccc(-c6nc7ccccc7o6)cc5)C(=O)[C@@H]4[C@@H]3C[C@H]3C(=O)N(c4ccccc4)C(=O)[C@@]23C)c(OC)c1. The van der Waals surface area contributed by atoms with Gasteiger partial charge in [-0.1, -0.05) is 42.0 Å². The lowest BCUT2D eigenvalue weighted by Gasteiger charge is -2.49. The molecule has 0 spiro atoms. The zero-order valence-corrected chi connectivity index (χ0v) is 29.2. The monoisotopic (exact) mass is 709 g/mol. The van der Waals surface area contributed by atoms with E-state index in [1.165, 1.54) is 30.1 Å². The van der Waals surface area contributed by atoms with E-state index in [1.54, 1.807) is 61.5 Å². The van der Waals surface area contributed by atoms with Crippen LogP contribution in [0, 0.1) is 29.1 Å². The molecule has 2 aliphatic carbocycles. The van der Waals surface area contributed by atoms with E-state index in [1.807, 2.05) is 36.4 Å². The third-order valence-electron chi connectivity index (χ3n) is 11.8. The molecule has 4 amide bonds. The van der Waals surface area contributed by atoms with Crippen molar-refractivity contribution in [3.63, 3.8) is 0 Å². The van der Waals surface area contributed by atoms with Gasteiger partial charge < -0.3 is 19.0 Å². The number of hydrogen-bond acceptors (Lipinski definition) is 9. The summed E-state index contributed by atoms with van der Waals surface area (Å²) in [6.07, 6.45) is 2.37. The predicted octanol–water partition coefficient (Wildman–Crippen LogP) is 6.65. The molecule has 11 nitrogen and oxygen atoms in total. The second kappa shape index (κ2) is 11.9. The van der Waals surface area contributed by atoms with Gasteiger partial charge in [0.05, 0.1) is 48.8 Å². The summed E-state index contributed by atoms with van der Waals surface area (Å²) in [6, 6.07) is 26.3. The summed E-state index contributed by atoms with van der Waals surface area (Å²) in [5, 5.41) is 11.6. The van der Waals surface area contributed by atoms with Gasteiger partial charge >= 0.3 is 0 Å². The van der Waals surface area contributed by atoms with E-state index in [0.717, 1.165) is 11.1 Å². The number of ether oxygens (including phenoxy) is 2. The fourth-order valence-corrected chi connectivity index (χ4v) is 9.31. The summed E-state index contributed by atoms with van der Waals surface area (Å²) in [5.74, 6) is -4.32. The molecule has 2 aliphatic heterocycles. The summed E-state index contributed by atoms with van der Waals surface area (Å²) in [6.45, 7) is 1.77. The van der Waals surface area contributed by atoms with Crippen LogP contribution in [0.3, 0.4) is 0 Å². The molecule has 5 aromatic rings. The van der Waals surface area contributed by atoms with E-state index in [0.29, 0.717) is 39.7 Å². The van der Waals surface area contributed by atoms with Gasteiger partial charge in [0.2, 0.25) is 29.5 Å². The molecule has 53 heavy (non-hydrogen) atoms. The number of phenols is 1. The number of carbonyl (C=O) groups excluding carboxylic acids is 4. The number of para-hydroxylation sites is 3. The van der Waals surface area contributed by atoms with Crippen LogP contribution in [-0.2, 0) is 19.2 Å². The molecule has 3 heterocycles. The minimum Gasteiger partial charge on any atom is -0.507 e. The van der Waals surface area contributed by atoms with Crippen LogP contribution in [0.5, 0.6) is 17.2 Å². The highest BCUT2D eigenvalue weighted by molar-refractivity contribution is 6.25. The number of rotatable bonds is 6. The Balaban J connectivity index is 1.13. The molecule has 3 fully saturated rings. The van der Waals surface area contributed by atoms with E-state index in [9.17, 15) is 24.3 Å². The van der Waals surface area contributed by atoms with Crippen LogP contribution >= 0.6 is 0 Å². The van der Waals surface area contributed by atoms with E-state index in [2.05, 4.69) is 4.98 Å². The zero-order chi connectivity index (χ0) is 36.8. The Kier molecular flexibility index (Phi) is 7.34. The number of aromatic hydroxyl groups is 1. The highest BCUT2D eigenvalue weighted by Crippen LogP contribution is 2.65. The molecule has 0 unspecified atom stereocenters. The number of amides is 4. The molecule has 0 bridgehead atoms. The molecule has 11 heteroatoms. The first-order chi connectivity index (χ1) is 25.6. The van der Waals surface area contributed by atoms with Crippen LogP contribution in [0.25, 0.3) is 22.6 Å². The number of benzene rings is 4. The number of anilines is 2. The van der Waals surface area contributed by atoms with Crippen molar-refractivity contribution in [2.75, 3.05) is 24.0 Å². The van der Waals surface area contributed by atoms with Crippen molar-refractivity contribution in [2.45, 2.75) is 25.7 Å². The standard InChI is InChI=1S/C42H35N3O8/c1-42-29(39(48)45(41(42)50)23-9-5-4-6-10-23)21-28-26(36(42)35-31(46)19-25(51-2)20-33(35)52-3)17-18-27-34(28)40(49)44(38(27)47)24-15-13-22(14-16-24)37-43-30-11-7-8-12-32(30)53-37/h4-17,19-20,27-29,34,36,46H,18,21H2,1-3H3/t27-,28+,29-,34-,36+,42+/m0/s1. The topological polar surface area (TPSA) is 139 Å². The molecular formula is C42H35N3O8. The Hall–Kier alpha value is -6.23. The van der Waals surface area contributed by atoms with Crippen molar-refractivity contribution >= 4 is 46.1 Å². The molecule has 2 saturated heterocycles. The lowest BCUT2D eigenvalue weighted by atomic mass is 9.51. The number of oxazole rings is 1. The largest absolute Gasteiger partial charge is 0.507 e. The summed E-state index contributed by atoms with van der Waals surface area (Å²) in [7, 11) is 2.94. The third-order valence-corrected chi connectivity index (χ3v) is 11.8. The summed E-state index contributed by atoms with van der Waals surface area (Å²) in [5.41, 5.74) is 2.64. The number of fused-ring (bicyclic) bond motifs is 5. The Morgan fingerprint density at radius 1 is 0.811 bits per heavy atom. The maximum Gasteiger partial charge on any atom is 0.241 e. The Labute approximate surface area is 304 Å². The maximum atomic E-state index is 14.7. The van der Waals surface area contributed by atoms with Crippen molar-refractivity contribution in [2.24, 2.45) is 29.1 Å². The van der Waals surface area contributed by atoms with Gasteiger partial charge in [0, 0.05) is 29.2 Å². The van der Waals surface area contributed by atoms with Gasteiger partial charge in [0.1, 0.15) is 22.8 Å². The summed E-state index contributed by atoms with van der Waals surface area (Å²) in [4.78, 5) is 65.0. The molecule has 6 atom stereocenters. The van der Waals surface area contributed by atoms with Crippen molar-refractivity contribution in [1.29, 1.82) is 0 Å². The first kappa shape index (κ1) is 32.7. The lowest BCUT2D eigenvalue weighted by molar-refractivity contribution is -0.131. The molecule has 266 valence electrons. The van der Waals surface area contributed by atoms with E-state index >= 15 is 0 Å². The highest BCUT2D eigenvalue weighted by atomic mass is 16.5. The molecule has 1 saturated carbocycles. The fourth-order valence-electron chi connectivity index (χ4n) is 9.31. The van der Waals surface area contributed by atoms with Gasteiger partial charge in [0.25, 0.3) is 0 Å². The van der Waals surface area contributed by atoms with E-state index < -0.39 is 40.9 Å². The molecule has 9 rings (SSSR count). The van der Waals surface area contributed by atoms with Crippen LogP contribution < -0.4 is 19.3 Å².